The van der Waals surface area contributed by atoms with E-state index in [1.165, 1.54) is 24.8 Å². The van der Waals surface area contributed by atoms with Crippen molar-refractivity contribution in [3.05, 3.63) is 70.8 Å². The summed E-state index contributed by atoms with van der Waals surface area (Å²) in [6.07, 6.45) is 8.08. The van der Waals surface area contributed by atoms with E-state index < -0.39 is 0 Å². The topological polar surface area (TPSA) is 40.5 Å². The number of carbonyl (C=O) groups is 1. The number of carbonyl (C=O) groups excluding carboxylic acids is 1. The van der Waals surface area contributed by atoms with Crippen molar-refractivity contribution >= 4 is 11.9 Å². The number of benzene rings is 2. The molecular formula is C23H27NO2. The normalized spacial score (nSPS) is 15.4. The van der Waals surface area contributed by atoms with Crippen LogP contribution in [0.5, 0.6) is 5.75 Å². The first kappa shape index (κ1) is 18.4. The van der Waals surface area contributed by atoms with Gasteiger partial charge in [0.15, 0.2) is 5.78 Å². The van der Waals surface area contributed by atoms with E-state index in [1.54, 1.807) is 18.2 Å². The van der Waals surface area contributed by atoms with Gasteiger partial charge in [0, 0.05) is 17.7 Å². The van der Waals surface area contributed by atoms with E-state index in [0.29, 0.717) is 11.3 Å². The van der Waals surface area contributed by atoms with Gasteiger partial charge in [-0.15, -0.1) is 0 Å². The first-order valence-corrected chi connectivity index (χ1v) is 9.51. The highest BCUT2D eigenvalue weighted by molar-refractivity contribution is 6.06. The summed E-state index contributed by atoms with van der Waals surface area (Å²) >= 11 is 0. The lowest BCUT2D eigenvalue weighted by atomic mass is 10.0. The number of hydrogen-bond donors (Lipinski definition) is 1. The summed E-state index contributed by atoms with van der Waals surface area (Å²) in [5.74, 6) is 0.280. The molecule has 2 aromatic carbocycles. The van der Waals surface area contributed by atoms with E-state index in [1.807, 2.05) is 36.4 Å². The fraction of sp³-hybridized carbons (Fsp3) is 0.348. The fourth-order valence-corrected chi connectivity index (χ4v) is 3.35. The molecule has 0 spiro atoms. The number of allylic oxidation sites excluding steroid dienone is 1. The van der Waals surface area contributed by atoms with E-state index in [9.17, 15) is 9.90 Å². The molecular weight excluding hydrogens is 322 g/mol. The van der Waals surface area contributed by atoms with Gasteiger partial charge in [0.25, 0.3) is 0 Å². The molecule has 1 saturated heterocycles. The minimum Gasteiger partial charge on any atom is -0.508 e. The van der Waals surface area contributed by atoms with Crippen LogP contribution in [0.3, 0.4) is 0 Å². The number of rotatable bonds is 6. The highest BCUT2D eigenvalue weighted by Crippen LogP contribution is 2.23. The van der Waals surface area contributed by atoms with Gasteiger partial charge in [-0.05, 0) is 55.6 Å². The third kappa shape index (κ3) is 4.83. The molecule has 1 fully saturated rings. The standard InChI is InChI=1S/C23H27NO2/c1-2-18-6-10-20(11-7-18)22(25)13-9-19-8-12-21(23(26)16-19)17-24-14-4-3-5-15-24/h6-13,16,26H,2-5,14-15,17H2,1H3/b13-9+. The lowest BCUT2D eigenvalue weighted by molar-refractivity contribution is 0.104. The smallest absolute Gasteiger partial charge is 0.185 e. The van der Waals surface area contributed by atoms with Crippen LogP contribution in [0.2, 0.25) is 0 Å². The molecule has 0 saturated carbocycles. The van der Waals surface area contributed by atoms with Gasteiger partial charge in [-0.25, -0.2) is 0 Å². The number of nitrogens with zero attached hydrogens (tertiary/aromatic N) is 1. The van der Waals surface area contributed by atoms with Crippen molar-refractivity contribution in [2.24, 2.45) is 0 Å². The highest BCUT2D eigenvalue weighted by Gasteiger charge is 2.12. The Kier molecular flexibility index (Phi) is 6.24. The van der Waals surface area contributed by atoms with E-state index in [4.69, 9.17) is 0 Å². The monoisotopic (exact) mass is 349 g/mol. The molecule has 1 aliphatic rings. The Bertz CT molecular complexity index is 771. The highest BCUT2D eigenvalue weighted by atomic mass is 16.3. The third-order valence-corrected chi connectivity index (χ3v) is 5.03. The average Bonchev–Trinajstić information content (AvgIpc) is 2.69. The molecule has 2 aromatic rings. The van der Waals surface area contributed by atoms with Gasteiger partial charge < -0.3 is 5.11 Å². The van der Waals surface area contributed by atoms with Crippen LogP contribution in [0.4, 0.5) is 0 Å². The average molecular weight is 349 g/mol. The zero-order chi connectivity index (χ0) is 18.4. The summed E-state index contributed by atoms with van der Waals surface area (Å²) in [5, 5.41) is 10.3. The van der Waals surface area contributed by atoms with Gasteiger partial charge in [0.1, 0.15) is 5.75 Å². The van der Waals surface area contributed by atoms with Gasteiger partial charge in [-0.1, -0.05) is 55.8 Å². The van der Waals surface area contributed by atoms with Crippen LogP contribution in [0.25, 0.3) is 6.08 Å². The van der Waals surface area contributed by atoms with Crippen LogP contribution in [0.1, 0.15) is 53.2 Å². The Balaban J connectivity index is 1.64. The summed E-state index contributed by atoms with van der Waals surface area (Å²) in [6.45, 7) is 5.09. The van der Waals surface area contributed by atoms with Crippen LogP contribution in [-0.4, -0.2) is 28.9 Å². The van der Waals surface area contributed by atoms with Crippen LogP contribution >= 0.6 is 0 Å². The number of aryl methyl sites for hydroxylation is 1. The minimum atomic E-state index is -0.0236. The largest absolute Gasteiger partial charge is 0.508 e. The molecule has 1 heterocycles. The van der Waals surface area contributed by atoms with Crippen molar-refractivity contribution in [1.29, 1.82) is 0 Å². The molecule has 3 heteroatoms. The SMILES string of the molecule is CCc1ccc(C(=O)/C=C/c2ccc(CN3CCCCC3)c(O)c2)cc1. The third-order valence-electron chi connectivity index (χ3n) is 5.03. The van der Waals surface area contributed by atoms with Crippen LogP contribution in [0.15, 0.2) is 48.5 Å². The summed E-state index contributed by atoms with van der Waals surface area (Å²) in [6, 6.07) is 13.4. The molecule has 0 radical (unpaired) electrons. The number of phenols is 1. The van der Waals surface area contributed by atoms with Crippen molar-refractivity contribution < 1.29 is 9.90 Å². The van der Waals surface area contributed by atoms with E-state index in [0.717, 1.165) is 37.2 Å². The Morgan fingerprint density at radius 1 is 1.08 bits per heavy atom. The van der Waals surface area contributed by atoms with Crippen LogP contribution < -0.4 is 0 Å². The molecule has 0 bridgehead atoms. The van der Waals surface area contributed by atoms with Crippen molar-refractivity contribution in [3.63, 3.8) is 0 Å². The van der Waals surface area contributed by atoms with Gasteiger partial charge in [0.2, 0.25) is 0 Å². The van der Waals surface area contributed by atoms with Gasteiger partial charge in [-0.3, -0.25) is 9.69 Å². The lowest BCUT2D eigenvalue weighted by Crippen LogP contribution is -2.29. The molecule has 26 heavy (non-hydrogen) atoms. The van der Waals surface area contributed by atoms with Crippen molar-refractivity contribution in [1.82, 2.24) is 4.90 Å². The summed E-state index contributed by atoms with van der Waals surface area (Å²) < 4.78 is 0. The maximum atomic E-state index is 12.3. The predicted octanol–water partition coefficient (Wildman–Crippen LogP) is 4.84. The Labute approximate surface area is 156 Å². The molecule has 1 N–H and O–H groups in total. The van der Waals surface area contributed by atoms with Crippen molar-refractivity contribution in [2.45, 2.75) is 39.2 Å². The van der Waals surface area contributed by atoms with Crippen LogP contribution in [-0.2, 0) is 13.0 Å². The summed E-state index contributed by atoms with van der Waals surface area (Å²) in [7, 11) is 0. The number of likely N-dealkylation sites (tertiary alicyclic amines) is 1. The number of phenolic OH excluding ortho intramolecular Hbond substituents is 1. The Morgan fingerprint density at radius 2 is 1.81 bits per heavy atom. The molecule has 1 aliphatic heterocycles. The van der Waals surface area contributed by atoms with E-state index in [2.05, 4.69) is 11.8 Å². The van der Waals surface area contributed by atoms with Crippen LogP contribution in [0, 0.1) is 0 Å². The molecule has 0 aromatic heterocycles. The number of ketones is 1. The molecule has 0 aliphatic carbocycles. The molecule has 3 rings (SSSR count). The first-order chi connectivity index (χ1) is 12.7. The molecule has 136 valence electrons. The Hall–Kier alpha value is -2.39. The van der Waals surface area contributed by atoms with Gasteiger partial charge in [0.05, 0.1) is 0 Å². The van der Waals surface area contributed by atoms with Gasteiger partial charge in [-0.2, -0.15) is 0 Å². The number of piperidine rings is 1. The second kappa shape index (κ2) is 8.81. The zero-order valence-electron chi connectivity index (χ0n) is 15.4. The molecule has 0 atom stereocenters. The van der Waals surface area contributed by atoms with Gasteiger partial charge >= 0.3 is 0 Å². The maximum absolute atomic E-state index is 12.3. The van der Waals surface area contributed by atoms with Crippen molar-refractivity contribution in [3.8, 4) is 5.75 Å². The minimum absolute atomic E-state index is 0.0236. The molecule has 0 amide bonds. The number of hydrogen-bond acceptors (Lipinski definition) is 3. The molecule has 3 nitrogen and oxygen atoms in total. The second-order valence-corrected chi connectivity index (χ2v) is 6.97. The second-order valence-electron chi connectivity index (χ2n) is 6.97. The van der Waals surface area contributed by atoms with Crippen molar-refractivity contribution in [2.75, 3.05) is 13.1 Å². The lowest BCUT2D eigenvalue weighted by Gasteiger charge is -2.26. The summed E-state index contributed by atoms with van der Waals surface area (Å²) in [4.78, 5) is 14.7. The number of aromatic hydroxyl groups is 1. The quantitative estimate of drug-likeness (QED) is 0.599. The summed E-state index contributed by atoms with van der Waals surface area (Å²) in [5.41, 5.74) is 3.69. The zero-order valence-corrected chi connectivity index (χ0v) is 15.4. The fourth-order valence-electron chi connectivity index (χ4n) is 3.35. The first-order valence-electron chi connectivity index (χ1n) is 9.51. The Morgan fingerprint density at radius 3 is 2.46 bits per heavy atom. The van der Waals surface area contributed by atoms with E-state index >= 15 is 0 Å². The predicted molar refractivity (Wildman–Crippen MR) is 106 cm³/mol. The molecule has 0 unspecified atom stereocenters. The maximum Gasteiger partial charge on any atom is 0.185 e. The van der Waals surface area contributed by atoms with E-state index in [-0.39, 0.29) is 5.78 Å².